The molecular formula is C10H18ClNO. The maximum absolute atomic E-state index is 9.89. The second-order valence-corrected chi connectivity index (χ2v) is 5.32. The van der Waals surface area contributed by atoms with Gasteiger partial charge < -0.3 is 10.8 Å². The van der Waals surface area contributed by atoms with Crippen molar-refractivity contribution in [3.8, 4) is 0 Å². The minimum Gasteiger partial charge on any atom is -0.393 e. The van der Waals surface area contributed by atoms with E-state index in [0.29, 0.717) is 11.8 Å². The molecule has 0 amide bonds. The van der Waals surface area contributed by atoms with Gasteiger partial charge in [0.15, 0.2) is 0 Å². The highest BCUT2D eigenvalue weighted by Crippen LogP contribution is 2.54. The maximum atomic E-state index is 9.89. The van der Waals surface area contributed by atoms with Crippen molar-refractivity contribution in [2.45, 2.75) is 43.7 Å². The van der Waals surface area contributed by atoms with Crippen LogP contribution >= 0.6 is 12.4 Å². The van der Waals surface area contributed by atoms with Gasteiger partial charge in [0.1, 0.15) is 0 Å². The van der Waals surface area contributed by atoms with Gasteiger partial charge in [-0.1, -0.05) is 0 Å². The Kier molecular flexibility index (Phi) is 2.14. The predicted octanol–water partition coefficient (Wildman–Crippen LogP) is 1.31. The van der Waals surface area contributed by atoms with Crippen molar-refractivity contribution in [2.24, 2.45) is 23.5 Å². The van der Waals surface area contributed by atoms with Gasteiger partial charge in [-0.05, 0) is 49.9 Å². The quantitative estimate of drug-likeness (QED) is 0.624. The first-order chi connectivity index (χ1) is 5.66. The van der Waals surface area contributed by atoms with E-state index in [1.54, 1.807) is 0 Å². The van der Waals surface area contributed by atoms with Gasteiger partial charge in [-0.2, -0.15) is 0 Å². The van der Waals surface area contributed by atoms with Gasteiger partial charge in [0.05, 0.1) is 6.10 Å². The predicted molar refractivity (Wildman–Crippen MR) is 53.7 cm³/mol. The lowest BCUT2D eigenvalue weighted by molar-refractivity contribution is -0.102. The monoisotopic (exact) mass is 203 g/mol. The summed E-state index contributed by atoms with van der Waals surface area (Å²) in [6.45, 7) is 0. The summed E-state index contributed by atoms with van der Waals surface area (Å²) < 4.78 is 0. The summed E-state index contributed by atoms with van der Waals surface area (Å²) in [5.41, 5.74) is 6.39. The van der Waals surface area contributed by atoms with Crippen LogP contribution in [0.4, 0.5) is 0 Å². The average Bonchev–Trinajstić information content (AvgIpc) is 1.96. The Labute approximate surface area is 85.3 Å². The highest BCUT2D eigenvalue weighted by Gasteiger charge is 2.53. The van der Waals surface area contributed by atoms with Crippen LogP contribution in [-0.2, 0) is 0 Å². The van der Waals surface area contributed by atoms with Crippen LogP contribution < -0.4 is 5.73 Å². The van der Waals surface area contributed by atoms with Crippen LogP contribution in [0.3, 0.4) is 0 Å². The highest BCUT2D eigenvalue weighted by molar-refractivity contribution is 5.85. The van der Waals surface area contributed by atoms with E-state index in [0.717, 1.165) is 18.8 Å². The topological polar surface area (TPSA) is 46.2 Å². The van der Waals surface area contributed by atoms with E-state index >= 15 is 0 Å². The van der Waals surface area contributed by atoms with Crippen LogP contribution in [0.5, 0.6) is 0 Å². The van der Waals surface area contributed by atoms with E-state index in [2.05, 4.69) is 0 Å². The fourth-order valence-electron chi connectivity index (χ4n) is 4.06. The molecule has 4 rings (SSSR count). The molecule has 0 aromatic carbocycles. The van der Waals surface area contributed by atoms with E-state index in [9.17, 15) is 5.11 Å². The van der Waals surface area contributed by atoms with E-state index < -0.39 is 0 Å². The molecule has 3 N–H and O–H groups in total. The summed E-state index contributed by atoms with van der Waals surface area (Å²) in [5, 5.41) is 9.89. The fourth-order valence-corrected chi connectivity index (χ4v) is 4.06. The number of aliphatic hydroxyl groups is 1. The van der Waals surface area contributed by atoms with Crippen LogP contribution in [0, 0.1) is 17.8 Å². The van der Waals surface area contributed by atoms with Crippen molar-refractivity contribution in [1.29, 1.82) is 0 Å². The van der Waals surface area contributed by atoms with Crippen molar-refractivity contribution in [3.63, 3.8) is 0 Å². The minimum atomic E-state index is -0.0155. The standard InChI is InChI=1S/C10H17NO.ClH/c11-10-3-6-1-7(4-10)9(12)8(2-6)5-10;/h6-9,12H,1-5,11H2;1H. The molecule has 0 heterocycles. The minimum absolute atomic E-state index is 0. The van der Waals surface area contributed by atoms with E-state index in [-0.39, 0.29) is 24.0 Å². The zero-order chi connectivity index (χ0) is 8.34. The number of nitrogens with two attached hydrogens (primary N) is 1. The lowest BCUT2D eigenvalue weighted by Crippen LogP contribution is -2.60. The van der Waals surface area contributed by atoms with Gasteiger partial charge in [0.2, 0.25) is 0 Å². The number of rotatable bonds is 0. The van der Waals surface area contributed by atoms with Crippen molar-refractivity contribution in [2.75, 3.05) is 0 Å². The average molecular weight is 204 g/mol. The molecule has 13 heavy (non-hydrogen) atoms. The first-order valence-electron chi connectivity index (χ1n) is 5.13. The Bertz CT molecular complexity index is 205. The molecule has 0 saturated heterocycles. The Morgan fingerprint density at radius 1 is 1.08 bits per heavy atom. The van der Waals surface area contributed by atoms with Gasteiger partial charge in [-0.25, -0.2) is 0 Å². The maximum Gasteiger partial charge on any atom is 0.0598 e. The number of hydrogen-bond donors (Lipinski definition) is 2. The molecule has 4 fully saturated rings. The van der Waals surface area contributed by atoms with Crippen LogP contribution in [0.2, 0.25) is 0 Å². The zero-order valence-electron chi connectivity index (χ0n) is 7.78. The van der Waals surface area contributed by atoms with E-state index in [1.165, 1.54) is 19.3 Å². The lowest BCUT2D eigenvalue weighted by atomic mass is 9.52. The van der Waals surface area contributed by atoms with E-state index in [4.69, 9.17) is 5.73 Å². The van der Waals surface area contributed by atoms with Crippen LogP contribution in [-0.4, -0.2) is 16.7 Å². The van der Waals surface area contributed by atoms with Gasteiger partial charge in [0, 0.05) is 5.54 Å². The van der Waals surface area contributed by atoms with Crippen molar-refractivity contribution in [3.05, 3.63) is 0 Å². The summed E-state index contributed by atoms with van der Waals surface area (Å²) in [7, 11) is 0. The SMILES string of the molecule is Cl.NC12CC3CC(C1)C(O)C(C3)C2. The smallest absolute Gasteiger partial charge is 0.0598 e. The Balaban J connectivity index is 0.000000653. The molecular weight excluding hydrogens is 186 g/mol. The molecule has 0 aliphatic heterocycles. The molecule has 3 heteroatoms. The van der Waals surface area contributed by atoms with Crippen LogP contribution in [0.25, 0.3) is 0 Å². The molecule has 2 nitrogen and oxygen atoms in total. The molecule has 4 saturated carbocycles. The second-order valence-electron chi connectivity index (χ2n) is 5.32. The van der Waals surface area contributed by atoms with Gasteiger partial charge in [0.25, 0.3) is 0 Å². The van der Waals surface area contributed by atoms with Crippen LogP contribution in [0.15, 0.2) is 0 Å². The first kappa shape index (κ1) is 9.75. The molecule has 4 aliphatic carbocycles. The van der Waals surface area contributed by atoms with Gasteiger partial charge in [-0.3, -0.25) is 0 Å². The summed E-state index contributed by atoms with van der Waals surface area (Å²) in [6, 6.07) is 0. The molecule has 2 atom stereocenters. The molecule has 4 aliphatic rings. The largest absolute Gasteiger partial charge is 0.393 e. The molecule has 0 spiro atoms. The normalized spacial score (nSPS) is 57.7. The second kappa shape index (κ2) is 2.85. The molecule has 4 bridgehead atoms. The van der Waals surface area contributed by atoms with Crippen molar-refractivity contribution < 1.29 is 5.11 Å². The molecule has 2 unspecified atom stereocenters. The molecule has 76 valence electrons. The molecule has 0 aromatic heterocycles. The van der Waals surface area contributed by atoms with Crippen molar-refractivity contribution in [1.82, 2.24) is 0 Å². The third-order valence-corrected chi connectivity index (χ3v) is 4.27. The number of halogens is 1. The third kappa shape index (κ3) is 1.31. The fraction of sp³-hybridized carbons (Fsp3) is 1.00. The number of hydrogen-bond acceptors (Lipinski definition) is 2. The highest BCUT2D eigenvalue weighted by atomic mass is 35.5. The lowest BCUT2D eigenvalue weighted by Gasteiger charge is -2.57. The number of aliphatic hydroxyl groups excluding tert-OH is 1. The Morgan fingerprint density at radius 2 is 1.62 bits per heavy atom. The van der Waals surface area contributed by atoms with Gasteiger partial charge >= 0.3 is 0 Å². The van der Waals surface area contributed by atoms with Gasteiger partial charge in [-0.15, -0.1) is 12.4 Å². The Hall–Kier alpha value is 0.210. The van der Waals surface area contributed by atoms with Crippen molar-refractivity contribution >= 4 is 12.4 Å². The summed E-state index contributed by atoms with van der Waals surface area (Å²) in [5.74, 6) is 1.93. The van der Waals surface area contributed by atoms with Crippen LogP contribution in [0.1, 0.15) is 32.1 Å². The molecule has 0 radical (unpaired) electrons. The summed E-state index contributed by atoms with van der Waals surface area (Å²) in [4.78, 5) is 0. The Morgan fingerprint density at radius 3 is 2.08 bits per heavy atom. The summed E-state index contributed by atoms with van der Waals surface area (Å²) >= 11 is 0. The first-order valence-corrected chi connectivity index (χ1v) is 5.13. The van der Waals surface area contributed by atoms with E-state index in [1.807, 2.05) is 0 Å². The third-order valence-electron chi connectivity index (χ3n) is 4.27. The zero-order valence-corrected chi connectivity index (χ0v) is 8.59. The molecule has 0 aromatic rings. The summed E-state index contributed by atoms with van der Waals surface area (Å²) in [6.07, 6.45) is 5.88.